The van der Waals surface area contributed by atoms with Gasteiger partial charge >= 0.3 is 6.03 Å². The van der Waals surface area contributed by atoms with Gasteiger partial charge in [0, 0.05) is 23.8 Å². The van der Waals surface area contributed by atoms with Crippen LogP contribution >= 0.6 is 0 Å². The van der Waals surface area contributed by atoms with Crippen molar-refractivity contribution < 1.29 is 23.5 Å². The van der Waals surface area contributed by atoms with E-state index < -0.39 is 12.1 Å². The van der Waals surface area contributed by atoms with E-state index in [4.69, 9.17) is 13.9 Å². The molecule has 2 N–H and O–H groups in total. The normalized spacial score (nSPS) is 17.3. The number of ketones is 1. The smallest absolute Gasteiger partial charge is 0.327 e. The Morgan fingerprint density at radius 3 is 2.71 bits per heavy atom. The predicted molar refractivity (Wildman–Crippen MR) is 128 cm³/mol. The lowest BCUT2D eigenvalue weighted by molar-refractivity contribution is -0.116. The average molecular weight is 460 g/mol. The summed E-state index contributed by atoms with van der Waals surface area (Å²) >= 11 is 0. The summed E-state index contributed by atoms with van der Waals surface area (Å²) in [5.74, 6) is 1.58. The molecule has 1 aromatic heterocycles. The Hall–Kier alpha value is -4.20. The first-order valence-corrected chi connectivity index (χ1v) is 11.1. The molecular formula is C26H25N3O5. The summed E-state index contributed by atoms with van der Waals surface area (Å²) in [5.41, 5.74) is 3.23. The Balaban J connectivity index is 1.64. The molecule has 0 fully saturated rings. The molecule has 1 atom stereocenters. The first-order valence-electron chi connectivity index (χ1n) is 11.1. The third-order valence-electron chi connectivity index (χ3n) is 6.12. The van der Waals surface area contributed by atoms with Crippen LogP contribution in [0.4, 0.5) is 21.9 Å². The van der Waals surface area contributed by atoms with Crippen LogP contribution in [-0.4, -0.2) is 26.0 Å². The minimum Gasteiger partial charge on any atom is -0.497 e. The molecule has 0 saturated heterocycles. The van der Waals surface area contributed by atoms with E-state index in [-0.39, 0.29) is 5.78 Å². The maximum Gasteiger partial charge on any atom is 0.327 e. The van der Waals surface area contributed by atoms with Crippen molar-refractivity contribution in [1.29, 1.82) is 0 Å². The molecule has 0 radical (unpaired) electrons. The van der Waals surface area contributed by atoms with Crippen molar-refractivity contribution in [3.63, 3.8) is 0 Å². The number of rotatable bonds is 4. The quantitative estimate of drug-likeness (QED) is 0.535. The fraction of sp³-hybridized carbons (Fsp3) is 0.231. The summed E-state index contributed by atoms with van der Waals surface area (Å²) in [7, 11) is 3.09. The highest BCUT2D eigenvalue weighted by molar-refractivity contribution is 6.09. The fourth-order valence-corrected chi connectivity index (χ4v) is 4.55. The summed E-state index contributed by atoms with van der Waals surface area (Å²) in [6.07, 6.45) is 3.45. The molecule has 34 heavy (non-hydrogen) atoms. The molecular weight excluding hydrogens is 434 g/mol. The summed E-state index contributed by atoms with van der Waals surface area (Å²) in [4.78, 5) is 28.7. The van der Waals surface area contributed by atoms with Crippen molar-refractivity contribution in [2.45, 2.75) is 25.3 Å². The Kier molecular flexibility index (Phi) is 5.71. The second kappa shape index (κ2) is 8.97. The highest BCUT2D eigenvalue weighted by Gasteiger charge is 2.41. The van der Waals surface area contributed by atoms with E-state index >= 15 is 0 Å². The molecule has 1 unspecified atom stereocenters. The lowest BCUT2D eigenvalue weighted by atomic mass is 9.88. The topological polar surface area (TPSA) is 93.0 Å². The molecule has 1 aliphatic heterocycles. The predicted octanol–water partition coefficient (Wildman–Crippen LogP) is 5.51. The number of fused-ring (bicyclic) bond motifs is 1. The average Bonchev–Trinajstić information content (AvgIpc) is 3.33. The highest BCUT2D eigenvalue weighted by atomic mass is 16.5. The molecule has 2 aliphatic rings. The number of allylic oxidation sites excluding steroid dienone is 1. The van der Waals surface area contributed by atoms with Crippen LogP contribution in [-0.2, 0) is 4.79 Å². The van der Waals surface area contributed by atoms with E-state index in [0.717, 1.165) is 17.8 Å². The van der Waals surface area contributed by atoms with Crippen molar-refractivity contribution in [2.75, 3.05) is 29.8 Å². The summed E-state index contributed by atoms with van der Waals surface area (Å²) < 4.78 is 16.5. The maximum absolute atomic E-state index is 13.9. The van der Waals surface area contributed by atoms with Crippen molar-refractivity contribution in [1.82, 2.24) is 0 Å². The summed E-state index contributed by atoms with van der Waals surface area (Å²) in [6.45, 7) is 0. The van der Waals surface area contributed by atoms with Crippen molar-refractivity contribution >= 4 is 28.9 Å². The Bertz CT molecular complexity index is 1270. The number of hydrogen-bond donors (Lipinski definition) is 2. The van der Waals surface area contributed by atoms with E-state index in [1.807, 2.05) is 24.3 Å². The zero-order valence-electron chi connectivity index (χ0n) is 19.0. The largest absolute Gasteiger partial charge is 0.497 e. The number of ether oxygens (including phenoxy) is 2. The zero-order chi connectivity index (χ0) is 23.7. The minimum absolute atomic E-state index is 0.00258. The van der Waals surface area contributed by atoms with Crippen LogP contribution in [0, 0.1) is 0 Å². The lowest BCUT2D eigenvalue weighted by Gasteiger charge is -2.32. The number of nitrogens with zero attached hydrogens (tertiary/aromatic N) is 1. The number of methoxy groups -OCH3 is 2. The van der Waals surface area contributed by atoms with E-state index in [2.05, 4.69) is 10.6 Å². The number of Topliss-reactive ketones (excluding diaryl/α,β-unsaturated/α-hetero) is 1. The van der Waals surface area contributed by atoms with Gasteiger partial charge in [-0.05, 0) is 49.2 Å². The van der Waals surface area contributed by atoms with Crippen LogP contribution in [0.25, 0.3) is 0 Å². The van der Waals surface area contributed by atoms with Crippen molar-refractivity contribution in [3.8, 4) is 11.5 Å². The minimum atomic E-state index is -0.724. The zero-order valence-corrected chi connectivity index (χ0v) is 19.0. The number of benzene rings is 2. The number of hydrogen-bond acceptors (Lipinski definition) is 6. The van der Waals surface area contributed by atoms with E-state index in [1.54, 1.807) is 48.6 Å². The number of urea groups is 1. The van der Waals surface area contributed by atoms with Gasteiger partial charge in [0.1, 0.15) is 23.3 Å². The number of carbonyl (C=O) groups is 2. The van der Waals surface area contributed by atoms with Crippen LogP contribution in [0.1, 0.15) is 31.1 Å². The van der Waals surface area contributed by atoms with Gasteiger partial charge in [0.25, 0.3) is 0 Å². The Labute approximate surface area is 197 Å². The van der Waals surface area contributed by atoms with Gasteiger partial charge < -0.3 is 24.5 Å². The first kappa shape index (κ1) is 21.6. The molecule has 174 valence electrons. The van der Waals surface area contributed by atoms with Crippen LogP contribution in [0.2, 0.25) is 0 Å². The van der Waals surface area contributed by atoms with Gasteiger partial charge in [-0.3, -0.25) is 9.69 Å². The number of amides is 2. The molecule has 5 rings (SSSR count). The standard InChI is InChI=1S/C26H25N3O5/c1-32-16-12-13-18(23(15-16)33-2)28-26(31)29-20-9-4-3-7-17(20)27-19-8-5-10-21(30)24(19)25(29)22-11-6-14-34-22/h3-4,6-7,9,11-15,25,27H,5,8,10H2,1-2H3,(H,28,31). The maximum atomic E-state index is 13.9. The number of anilines is 3. The van der Waals surface area contributed by atoms with Gasteiger partial charge in [-0.25, -0.2) is 4.79 Å². The number of para-hydroxylation sites is 2. The molecule has 8 heteroatoms. The van der Waals surface area contributed by atoms with Crippen LogP contribution in [0.3, 0.4) is 0 Å². The second-order valence-corrected chi connectivity index (χ2v) is 8.10. The van der Waals surface area contributed by atoms with E-state index in [0.29, 0.717) is 47.0 Å². The van der Waals surface area contributed by atoms with Gasteiger partial charge in [-0.2, -0.15) is 0 Å². The molecule has 2 aromatic carbocycles. The fourth-order valence-electron chi connectivity index (χ4n) is 4.55. The summed E-state index contributed by atoms with van der Waals surface area (Å²) in [5, 5.41) is 6.38. The van der Waals surface area contributed by atoms with E-state index in [9.17, 15) is 9.59 Å². The third kappa shape index (κ3) is 3.77. The lowest BCUT2D eigenvalue weighted by Crippen LogP contribution is -2.40. The van der Waals surface area contributed by atoms with Gasteiger partial charge in [0.05, 0.1) is 37.5 Å². The first-order chi connectivity index (χ1) is 16.6. The molecule has 1 aliphatic carbocycles. The molecule has 3 aromatic rings. The molecule has 8 nitrogen and oxygen atoms in total. The monoisotopic (exact) mass is 459 g/mol. The SMILES string of the molecule is COc1ccc(NC(=O)N2c3ccccc3NC3=C(C(=O)CCC3)C2c2ccco2)c(OC)c1. The van der Waals surface area contributed by atoms with E-state index in [1.165, 1.54) is 7.11 Å². The molecule has 2 amide bonds. The van der Waals surface area contributed by atoms with Crippen LogP contribution < -0.4 is 25.0 Å². The van der Waals surface area contributed by atoms with Crippen LogP contribution in [0.15, 0.2) is 76.5 Å². The molecule has 2 heterocycles. The Morgan fingerprint density at radius 1 is 1.09 bits per heavy atom. The van der Waals surface area contributed by atoms with Crippen molar-refractivity contribution in [2.24, 2.45) is 0 Å². The van der Waals surface area contributed by atoms with Gasteiger partial charge in [0.15, 0.2) is 5.78 Å². The van der Waals surface area contributed by atoms with Gasteiger partial charge in [-0.1, -0.05) is 12.1 Å². The number of carbonyl (C=O) groups excluding carboxylic acids is 2. The Morgan fingerprint density at radius 2 is 1.94 bits per heavy atom. The molecule has 0 spiro atoms. The highest BCUT2D eigenvalue weighted by Crippen LogP contribution is 2.45. The summed E-state index contributed by atoms with van der Waals surface area (Å²) in [6, 6.07) is 15.1. The van der Waals surface area contributed by atoms with Gasteiger partial charge in [0.2, 0.25) is 0 Å². The second-order valence-electron chi connectivity index (χ2n) is 8.10. The van der Waals surface area contributed by atoms with Gasteiger partial charge in [-0.15, -0.1) is 0 Å². The molecule has 0 bridgehead atoms. The number of nitrogens with one attached hydrogen (secondary N) is 2. The van der Waals surface area contributed by atoms with Crippen molar-refractivity contribution in [3.05, 3.63) is 77.9 Å². The number of furan rings is 1. The third-order valence-corrected chi connectivity index (χ3v) is 6.12. The van der Waals surface area contributed by atoms with Crippen LogP contribution in [0.5, 0.6) is 11.5 Å². The molecule has 0 saturated carbocycles.